The second-order valence-electron chi connectivity index (χ2n) is 3.08. The maximum atomic E-state index is 8.99. The summed E-state index contributed by atoms with van der Waals surface area (Å²) in [5, 5.41) is 10.0. The van der Waals surface area contributed by atoms with Crippen LogP contribution in [0.4, 0.5) is 0 Å². The Morgan fingerprint density at radius 3 is 3.21 bits per heavy atom. The van der Waals surface area contributed by atoms with Crippen LogP contribution in [0.15, 0.2) is 24.5 Å². The van der Waals surface area contributed by atoms with Crippen molar-refractivity contribution in [3.63, 3.8) is 0 Å². The van der Waals surface area contributed by atoms with Crippen LogP contribution >= 0.6 is 0 Å². The van der Waals surface area contributed by atoms with Gasteiger partial charge in [-0.05, 0) is 19.1 Å². The van der Waals surface area contributed by atoms with E-state index in [9.17, 15) is 0 Å². The fourth-order valence-electron chi connectivity index (χ4n) is 1.20. The van der Waals surface area contributed by atoms with E-state index in [0.29, 0.717) is 0 Å². The second-order valence-corrected chi connectivity index (χ2v) is 3.08. The average Bonchev–Trinajstić information content (AvgIpc) is 2.61. The van der Waals surface area contributed by atoms with Gasteiger partial charge in [-0.2, -0.15) is 0 Å². The van der Waals surface area contributed by atoms with Gasteiger partial charge in [-0.15, -0.1) is 0 Å². The Morgan fingerprint density at radius 2 is 2.43 bits per heavy atom. The molecular formula is C11H10N2O. The van der Waals surface area contributed by atoms with Crippen molar-refractivity contribution in [2.75, 3.05) is 0 Å². The monoisotopic (exact) mass is 186 g/mol. The number of aliphatic hydroxyl groups is 1. The van der Waals surface area contributed by atoms with Gasteiger partial charge in [0.1, 0.15) is 11.8 Å². The summed E-state index contributed by atoms with van der Waals surface area (Å²) in [6, 6.07) is 3.88. The van der Waals surface area contributed by atoms with Crippen LogP contribution in [0.25, 0.3) is 11.0 Å². The summed E-state index contributed by atoms with van der Waals surface area (Å²) in [6.07, 6.45) is 2.93. The number of aromatic nitrogens is 2. The van der Waals surface area contributed by atoms with Gasteiger partial charge in [-0.25, -0.2) is 4.98 Å². The van der Waals surface area contributed by atoms with Crippen LogP contribution in [0.1, 0.15) is 12.5 Å². The molecule has 0 aliphatic rings. The number of fused-ring (bicyclic) bond motifs is 1. The smallest absolute Gasteiger partial charge is 0.137 e. The molecule has 0 amide bonds. The van der Waals surface area contributed by atoms with E-state index in [1.165, 1.54) is 0 Å². The molecule has 2 N–H and O–H groups in total. The molecule has 0 aliphatic carbocycles. The zero-order valence-corrected chi connectivity index (χ0v) is 7.78. The predicted molar refractivity (Wildman–Crippen MR) is 54.7 cm³/mol. The van der Waals surface area contributed by atoms with E-state index in [4.69, 9.17) is 5.11 Å². The Balaban J connectivity index is 2.41. The van der Waals surface area contributed by atoms with E-state index in [0.717, 1.165) is 16.6 Å². The lowest BCUT2D eigenvalue weighted by Gasteiger charge is -1.91. The highest BCUT2D eigenvalue weighted by molar-refractivity contribution is 5.76. The number of aromatic amines is 1. The van der Waals surface area contributed by atoms with Gasteiger partial charge in [0, 0.05) is 23.3 Å². The fourth-order valence-corrected chi connectivity index (χ4v) is 1.20. The third-order valence-corrected chi connectivity index (χ3v) is 1.83. The molecule has 0 aliphatic heterocycles. The van der Waals surface area contributed by atoms with Crippen molar-refractivity contribution in [2.45, 2.75) is 13.0 Å². The van der Waals surface area contributed by atoms with Crippen LogP contribution in [-0.4, -0.2) is 21.2 Å². The Kier molecular flexibility index (Phi) is 2.21. The molecule has 1 unspecified atom stereocenters. The number of H-pyrrole nitrogens is 1. The van der Waals surface area contributed by atoms with Crippen LogP contribution in [0.3, 0.4) is 0 Å². The molecular weight excluding hydrogens is 176 g/mol. The molecule has 0 saturated heterocycles. The molecule has 0 spiro atoms. The molecule has 0 aromatic carbocycles. The molecule has 2 aromatic heterocycles. The van der Waals surface area contributed by atoms with E-state index in [2.05, 4.69) is 21.8 Å². The van der Waals surface area contributed by atoms with Gasteiger partial charge in [0.2, 0.25) is 0 Å². The molecule has 3 heteroatoms. The number of hydrogen-bond acceptors (Lipinski definition) is 2. The van der Waals surface area contributed by atoms with E-state index >= 15 is 0 Å². The van der Waals surface area contributed by atoms with Crippen LogP contribution in [0.2, 0.25) is 0 Å². The Morgan fingerprint density at radius 1 is 1.57 bits per heavy atom. The molecule has 2 heterocycles. The summed E-state index contributed by atoms with van der Waals surface area (Å²) in [6.45, 7) is 1.63. The lowest BCUT2D eigenvalue weighted by molar-refractivity contribution is 0.253. The van der Waals surface area contributed by atoms with Gasteiger partial charge < -0.3 is 10.1 Å². The summed E-state index contributed by atoms with van der Waals surface area (Å²) in [5.74, 6) is 5.52. The summed E-state index contributed by atoms with van der Waals surface area (Å²) >= 11 is 0. The lowest BCUT2D eigenvalue weighted by atomic mass is 10.2. The quantitative estimate of drug-likeness (QED) is 0.609. The molecule has 70 valence electrons. The number of nitrogens with one attached hydrogen (secondary N) is 1. The fraction of sp³-hybridized carbons (Fsp3) is 0.182. The van der Waals surface area contributed by atoms with E-state index in [-0.39, 0.29) is 0 Å². The zero-order valence-electron chi connectivity index (χ0n) is 7.78. The molecule has 0 bridgehead atoms. The summed E-state index contributed by atoms with van der Waals surface area (Å²) in [7, 11) is 0. The van der Waals surface area contributed by atoms with Gasteiger partial charge >= 0.3 is 0 Å². The van der Waals surface area contributed by atoms with Crippen LogP contribution in [-0.2, 0) is 0 Å². The third kappa shape index (κ3) is 1.76. The first-order valence-electron chi connectivity index (χ1n) is 4.38. The molecule has 2 aromatic rings. The summed E-state index contributed by atoms with van der Waals surface area (Å²) < 4.78 is 0. The lowest BCUT2D eigenvalue weighted by Crippen LogP contribution is -1.92. The largest absolute Gasteiger partial charge is 0.381 e. The topological polar surface area (TPSA) is 48.9 Å². The van der Waals surface area contributed by atoms with Crippen LogP contribution in [0, 0.1) is 11.8 Å². The van der Waals surface area contributed by atoms with Crippen molar-refractivity contribution < 1.29 is 5.11 Å². The first-order valence-corrected chi connectivity index (χ1v) is 4.38. The normalized spacial score (nSPS) is 12.1. The standard InChI is InChI=1S/C11H10N2O/c1-8(14)2-3-9-6-10-4-5-12-11(10)13-7-9/h4-8,14H,1H3,(H,12,13). The summed E-state index contributed by atoms with van der Waals surface area (Å²) in [4.78, 5) is 7.18. The Hall–Kier alpha value is -1.79. The molecule has 1 atom stereocenters. The van der Waals surface area contributed by atoms with E-state index in [1.54, 1.807) is 13.1 Å². The van der Waals surface area contributed by atoms with Gasteiger partial charge in [0.05, 0.1) is 0 Å². The average molecular weight is 186 g/mol. The van der Waals surface area contributed by atoms with Gasteiger partial charge in [0.25, 0.3) is 0 Å². The maximum absolute atomic E-state index is 8.99. The minimum atomic E-state index is -0.600. The molecule has 0 fully saturated rings. The van der Waals surface area contributed by atoms with Gasteiger partial charge in [-0.1, -0.05) is 11.8 Å². The first-order chi connectivity index (χ1) is 6.75. The number of rotatable bonds is 0. The van der Waals surface area contributed by atoms with Crippen molar-refractivity contribution in [1.29, 1.82) is 0 Å². The summed E-state index contributed by atoms with van der Waals surface area (Å²) in [5.41, 5.74) is 1.67. The maximum Gasteiger partial charge on any atom is 0.137 e. The molecule has 0 radical (unpaired) electrons. The zero-order chi connectivity index (χ0) is 9.97. The van der Waals surface area contributed by atoms with E-state index in [1.807, 2.05) is 18.3 Å². The minimum absolute atomic E-state index is 0.600. The van der Waals surface area contributed by atoms with Crippen LogP contribution < -0.4 is 0 Å². The van der Waals surface area contributed by atoms with Crippen molar-refractivity contribution in [2.24, 2.45) is 0 Å². The van der Waals surface area contributed by atoms with Crippen molar-refractivity contribution in [3.8, 4) is 11.8 Å². The third-order valence-electron chi connectivity index (χ3n) is 1.83. The number of pyridine rings is 1. The number of hydrogen-bond donors (Lipinski definition) is 2. The predicted octanol–water partition coefficient (Wildman–Crippen LogP) is 1.30. The molecule has 3 nitrogen and oxygen atoms in total. The molecule has 2 rings (SSSR count). The highest BCUT2D eigenvalue weighted by Gasteiger charge is 1.95. The Labute approximate surface area is 81.8 Å². The highest BCUT2D eigenvalue weighted by atomic mass is 16.3. The Bertz CT molecular complexity index is 502. The minimum Gasteiger partial charge on any atom is -0.381 e. The first kappa shape index (κ1) is 8.79. The van der Waals surface area contributed by atoms with Gasteiger partial charge in [-0.3, -0.25) is 0 Å². The van der Waals surface area contributed by atoms with Crippen molar-refractivity contribution in [1.82, 2.24) is 9.97 Å². The highest BCUT2D eigenvalue weighted by Crippen LogP contribution is 2.10. The van der Waals surface area contributed by atoms with Gasteiger partial charge in [0.15, 0.2) is 0 Å². The SMILES string of the molecule is CC(O)C#Cc1cnc2[nH]ccc2c1. The van der Waals surface area contributed by atoms with Crippen molar-refractivity contribution >= 4 is 11.0 Å². The van der Waals surface area contributed by atoms with Crippen molar-refractivity contribution in [3.05, 3.63) is 30.1 Å². The van der Waals surface area contributed by atoms with E-state index < -0.39 is 6.10 Å². The molecule has 0 saturated carbocycles. The second kappa shape index (κ2) is 3.52. The number of nitrogens with zero attached hydrogens (tertiary/aromatic N) is 1. The number of aliphatic hydroxyl groups excluding tert-OH is 1. The molecule has 14 heavy (non-hydrogen) atoms. The van der Waals surface area contributed by atoms with Crippen LogP contribution in [0.5, 0.6) is 0 Å².